The monoisotopic (exact) mass is 234 g/mol. The molecule has 0 aliphatic carbocycles. The van der Waals surface area contributed by atoms with Gasteiger partial charge in [-0.25, -0.2) is 0 Å². The number of rotatable bonds is 4. The van der Waals surface area contributed by atoms with Gasteiger partial charge in [0.05, 0.1) is 6.54 Å². The maximum Gasteiger partial charge on any atom is 0.157 e. The standard InChI is InChI=1S/C9H10N6S/c10-6-7-8(11)14-16-9(7)12-3-5-15-4-1-2-13-15/h1-2,4,12H,3,5H2,(H2,11,14). The topological polar surface area (TPSA) is 92.5 Å². The van der Waals surface area contributed by atoms with E-state index in [0.717, 1.165) is 6.54 Å². The summed E-state index contributed by atoms with van der Waals surface area (Å²) >= 11 is 1.20. The molecule has 3 N–H and O–H groups in total. The fraction of sp³-hybridized carbons (Fsp3) is 0.222. The van der Waals surface area contributed by atoms with Crippen LogP contribution in [0.4, 0.5) is 10.8 Å². The van der Waals surface area contributed by atoms with E-state index in [0.29, 0.717) is 17.1 Å². The molecule has 6 nitrogen and oxygen atoms in total. The van der Waals surface area contributed by atoms with Crippen LogP contribution in [0.25, 0.3) is 0 Å². The highest BCUT2D eigenvalue weighted by Crippen LogP contribution is 2.25. The zero-order valence-electron chi connectivity index (χ0n) is 8.42. The fourth-order valence-electron chi connectivity index (χ4n) is 1.25. The summed E-state index contributed by atoms with van der Waals surface area (Å²) in [5.41, 5.74) is 5.96. The first kappa shape index (κ1) is 10.4. The van der Waals surface area contributed by atoms with Gasteiger partial charge in [-0.15, -0.1) is 0 Å². The van der Waals surface area contributed by atoms with E-state index < -0.39 is 0 Å². The van der Waals surface area contributed by atoms with Crippen molar-refractivity contribution in [1.29, 1.82) is 5.26 Å². The average molecular weight is 234 g/mol. The zero-order valence-corrected chi connectivity index (χ0v) is 9.24. The Hall–Kier alpha value is -2.07. The van der Waals surface area contributed by atoms with E-state index in [1.54, 1.807) is 6.20 Å². The molecule has 0 spiro atoms. The summed E-state index contributed by atoms with van der Waals surface area (Å²) < 4.78 is 5.72. The lowest BCUT2D eigenvalue weighted by atomic mass is 10.3. The van der Waals surface area contributed by atoms with Gasteiger partial charge in [-0.2, -0.15) is 14.7 Å². The summed E-state index contributed by atoms with van der Waals surface area (Å²) in [5.74, 6) is 0.286. The highest BCUT2D eigenvalue weighted by molar-refractivity contribution is 7.10. The molecule has 0 radical (unpaired) electrons. The van der Waals surface area contributed by atoms with Crippen LogP contribution in [0.2, 0.25) is 0 Å². The van der Waals surface area contributed by atoms with Crippen LogP contribution in [0.3, 0.4) is 0 Å². The number of nitrogen functional groups attached to an aromatic ring is 1. The lowest BCUT2D eigenvalue weighted by Crippen LogP contribution is -2.10. The Morgan fingerprint density at radius 2 is 2.50 bits per heavy atom. The summed E-state index contributed by atoms with van der Waals surface area (Å²) in [6.07, 6.45) is 3.61. The van der Waals surface area contributed by atoms with Crippen molar-refractivity contribution in [3.63, 3.8) is 0 Å². The maximum atomic E-state index is 8.85. The second-order valence-corrected chi connectivity index (χ2v) is 3.85. The molecule has 0 saturated heterocycles. The van der Waals surface area contributed by atoms with Crippen molar-refractivity contribution in [1.82, 2.24) is 14.2 Å². The number of hydrogen-bond acceptors (Lipinski definition) is 6. The molecule has 0 amide bonds. The Morgan fingerprint density at radius 1 is 1.62 bits per heavy atom. The van der Waals surface area contributed by atoms with Crippen LogP contribution in [0.5, 0.6) is 0 Å². The summed E-state index contributed by atoms with van der Waals surface area (Å²) in [4.78, 5) is 0. The Labute approximate surface area is 96.5 Å². The molecule has 0 unspecified atom stereocenters. The number of hydrogen-bond donors (Lipinski definition) is 2. The first-order chi connectivity index (χ1) is 7.81. The fourth-order valence-corrected chi connectivity index (χ4v) is 1.94. The van der Waals surface area contributed by atoms with Crippen molar-refractivity contribution in [3.8, 4) is 6.07 Å². The second kappa shape index (κ2) is 4.63. The maximum absolute atomic E-state index is 8.85. The third kappa shape index (κ3) is 2.12. The number of nitrogens with zero attached hydrogens (tertiary/aromatic N) is 4. The minimum atomic E-state index is 0.286. The van der Waals surface area contributed by atoms with Crippen LogP contribution in [0.1, 0.15) is 5.56 Å². The number of anilines is 2. The first-order valence-corrected chi connectivity index (χ1v) is 5.45. The van der Waals surface area contributed by atoms with Crippen LogP contribution in [-0.4, -0.2) is 20.7 Å². The van der Waals surface area contributed by atoms with Gasteiger partial charge in [-0.1, -0.05) is 0 Å². The van der Waals surface area contributed by atoms with Crippen LogP contribution in [-0.2, 0) is 6.54 Å². The van der Waals surface area contributed by atoms with Gasteiger partial charge in [0.25, 0.3) is 0 Å². The quantitative estimate of drug-likeness (QED) is 0.820. The minimum absolute atomic E-state index is 0.286. The van der Waals surface area contributed by atoms with Crippen LogP contribution in [0.15, 0.2) is 18.5 Å². The van der Waals surface area contributed by atoms with E-state index in [1.165, 1.54) is 11.5 Å². The molecule has 16 heavy (non-hydrogen) atoms. The molecular formula is C9H10N6S. The first-order valence-electron chi connectivity index (χ1n) is 4.68. The van der Waals surface area contributed by atoms with Gasteiger partial charge in [0.15, 0.2) is 5.82 Å². The molecule has 82 valence electrons. The predicted molar refractivity (Wildman–Crippen MR) is 62.0 cm³/mol. The summed E-state index contributed by atoms with van der Waals surface area (Å²) in [6, 6.07) is 3.89. The van der Waals surface area contributed by atoms with E-state index >= 15 is 0 Å². The van der Waals surface area contributed by atoms with Crippen molar-refractivity contribution < 1.29 is 0 Å². The summed E-state index contributed by atoms with van der Waals surface area (Å²) in [5, 5.41) is 16.8. The summed E-state index contributed by atoms with van der Waals surface area (Å²) in [7, 11) is 0. The largest absolute Gasteiger partial charge is 0.382 e. The molecule has 2 rings (SSSR count). The lowest BCUT2D eigenvalue weighted by molar-refractivity contribution is 0.638. The van der Waals surface area contributed by atoms with Crippen molar-refractivity contribution in [2.45, 2.75) is 6.54 Å². The van der Waals surface area contributed by atoms with Gasteiger partial charge in [0, 0.05) is 18.9 Å². The van der Waals surface area contributed by atoms with Gasteiger partial charge < -0.3 is 11.1 Å². The predicted octanol–water partition coefficient (Wildman–Crippen LogP) is 0.906. The highest BCUT2D eigenvalue weighted by Gasteiger charge is 2.09. The Balaban J connectivity index is 1.93. The Bertz CT molecular complexity index is 495. The molecule has 0 aliphatic rings. The second-order valence-electron chi connectivity index (χ2n) is 3.08. The van der Waals surface area contributed by atoms with Gasteiger partial charge >= 0.3 is 0 Å². The zero-order chi connectivity index (χ0) is 11.4. The number of aromatic nitrogens is 3. The Kier molecular flexibility index (Phi) is 3.03. The molecule has 0 fully saturated rings. The van der Waals surface area contributed by atoms with Crippen LogP contribution in [0, 0.1) is 11.3 Å². The molecule has 2 aromatic rings. The molecular weight excluding hydrogens is 224 g/mol. The molecule has 7 heteroatoms. The van der Waals surface area contributed by atoms with E-state index in [4.69, 9.17) is 11.0 Å². The third-order valence-electron chi connectivity index (χ3n) is 2.02. The molecule has 0 aromatic carbocycles. The van der Waals surface area contributed by atoms with Gasteiger partial charge in [-0.3, -0.25) is 4.68 Å². The molecule has 2 aromatic heterocycles. The number of nitrogens with one attached hydrogen (secondary N) is 1. The summed E-state index contributed by atoms with van der Waals surface area (Å²) in [6.45, 7) is 1.41. The van der Waals surface area contributed by atoms with E-state index in [2.05, 4.69) is 14.8 Å². The molecule has 0 saturated carbocycles. The molecule has 0 atom stereocenters. The normalized spacial score (nSPS) is 9.94. The van der Waals surface area contributed by atoms with Crippen molar-refractivity contribution in [3.05, 3.63) is 24.0 Å². The van der Waals surface area contributed by atoms with Crippen LogP contribution < -0.4 is 11.1 Å². The highest BCUT2D eigenvalue weighted by atomic mass is 32.1. The van der Waals surface area contributed by atoms with Crippen molar-refractivity contribution >= 4 is 22.4 Å². The van der Waals surface area contributed by atoms with Crippen LogP contribution >= 0.6 is 11.5 Å². The van der Waals surface area contributed by atoms with Gasteiger partial charge in [-0.05, 0) is 17.6 Å². The smallest absolute Gasteiger partial charge is 0.157 e. The third-order valence-corrected chi connectivity index (χ3v) is 2.83. The van der Waals surface area contributed by atoms with Gasteiger partial charge in [0.2, 0.25) is 0 Å². The minimum Gasteiger partial charge on any atom is -0.382 e. The van der Waals surface area contributed by atoms with Crippen molar-refractivity contribution in [2.24, 2.45) is 0 Å². The van der Waals surface area contributed by atoms with Crippen molar-refractivity contribution in [2.75, 3.05) is 17.6 Å². The number of nitrogens with two attached hydrogens (primary N) is 1. The molecule has 0 aliphatic heterocycles. The SMILES string of the molecule is N#Cc1c(N)nsc1NCCn1cccn1. The van der Waals surface area contributed by atoms with E-state index in [-0.39, 0.29) is 5.82 Å². The lowest BCUT2D eigenvalue weighted by Gasteiger charge is -2.03. The van der Waals surface area contributed by atoms with Gasteiger partial charge in [0.1, 0.15) is 16.6 Å². The molecule has 2 heterocycles. The van der Waals surface area contributed by atoms with E-state index in [9.17, 15) is 0 Å². The van der Waals surface area contributed by atoms with E-state index in [1.807, 2.05) is 23.0 Å². The molecule has 0 bridgehead atoms. The number of nitriles is 1. The Morgan fingerprint density at radius 3 is 3.19 bits per heavy atom. The average Bonchev–Trinajstić information content (AvgIpc) is 2.89.